The number of nitrogens with one attached hydrogen (secondary N) is 1. The SMILES string of the molecule is CCn1c(SC(C)C(=O)Nc2cccc(Cl)c2Cl)nc2sc(C)c(C)c2c1=O. The summed E-state index contributed by atoms with van der Waals surface area (Å²) in [5, 5.41) is 4.16. The maximum Gasteiger partial charge on any atom is 0.263 e. The number of aromatic nitrogens is 2. The van der Waals surface area contributed by atoms with Crippen LogP contribution in [0.5, 0.6) is 0 Å². The van der Waals surface area contributed by atoms with E-state index in [0.29, 0.717) is 37.7 Å². The molecule has 0 aliphatic heterocycles. The molecule has 0 saturated heterocycles. The fraction of sp³-hybridized carbons (Fsp3) is 0.316. The lowest BCUT2D eigenvalue weighted by Gasteiger charge is -2.15. The predicted octanol–water partition coefficient (Wildman–Crippen LogP) is 5.52. The topological polar surface area (TPSA) is 64.0 Å². The molecule has 0 radical (unpaired) electrons. The highest BCUT2D eigenvalue weighted by Crippen LogP contribution is 2.32. The van der Waals surface area contributed by atoms with Gasteiger partial charge >= 0.3 is 0 Å². The van der Waals surface area contributed by atoms with Crippen LogP contribution in [0.3, 0.4) is 0 Å². The number of halogens is 2. The molecule has 2 heterocycles. The monoisotopic (exact) mass is 455 g/mol. The summed E-state index contributed by atoms with van der Waals surface area (Å²) in [6.07, 6.45) is 0. The molecule has 1 atom stereocenters. The van der Waals surface area contributed by atoms with Gasteiger partial charge in [0, 0.05) is 11.4 Å². The van der Waals surface area contributed by atoms with Gasteiger partial charge in [-0.15, -0.1) is 11.3 Å². The van der Waals surface area contributed by atoms with Gasteiger partial charge in [0.05, 0.1) is 26.4 Å². The number of thioether (sulfide) groups is 1. The molecule has 1 unspecified atom stereocenters. The normalized spacial score (nSPS) is 12.4. The van der Waals surface area contributed by atoms with Crippen LogP contribution in [0.4, 0.5) is 5.69 Å². The molecule has 148 valence electrons. The zero-order chi connectivity index (χ0) is 20.6. The summed E-state index contributed by atoms with van der Waals surface area (Å²) >= 11 is 14.9. The van der Waals surface area contributed by atoms with Crippen LogP contribution < -0.4 is 10.9 Å². The molecule has 0 aliphatic rings. The third kappa shape index (κ3) is 3.94. The Balaban J connectivity index is 1.90. The minimum absolute atomic E-state index is 0.0673. The number of fused-ring (bicyclic) bond motifs is 1. The van der Waals surface area contributed by atoms with Gasteiger partial charge in [0.2, 0.25) is 5.91 Å². The Kier molecular flexibility index (Phi) is 6.39. The summed E-state index contributed by atoms with van der Waals surface area (Å²) in [5.74, 6) is -0.246. The van der Waals surface area contributed by atoms with Gasteiger partial charge < -0.3 is 5.32 Å². The molecule has 0 fully saturated rings. The fourth-order valence-corrected chi connectivity index (χ4v) is 5.11. The molecule has 28 heavy (non-hydrogen) atoms. The number of anilines is 1. The molecule has 1 amide bonds. The van der Waals surface area contributed by atoms with Crippen molar-refractivity contribution in [3.63, 3.8) is 0 Å². The van der Waals surface area contributed by atoms with Gasteiger partial charge in [-0.2, -0.15) is 0 Å². The van der Waals surface area contributed by atoms with E-state index in [1.54, 1.807) is 29.7 Å². The first kappa shape index (κ1) is 21.2. The quantitative estimate of drug-likeness (QED) is 0.406. The van der Waals surface area contributed by atoms with E-state index in [4.69, 9.17) is 23.2 Å². The first-order chi connectivity index (χ1) is 13.2. The second kappa shape index (κ2) is 8.45. The third-order valence-electron chi connectivity index (χ3n) is 4.43. The summed E-state index contributed by atoms with van der Waals surface area (Å²) in [7, 11) is 0. The van der Waals surface area contributed by atoms with Crippen molar-refractivity contribution in [1.29, 1.82) is 0 Å². The van der Waals surface area contributed by atoms with Crippen molar-refractivity contribution in [2.45, 2.75) is 44.6 Å². The summed E-state index contributed by atoms with van der Waals surface area (Å²) in [5.41, 5.74) is 1.35. The number of carbonyl (C=O) groups excluding carboxylic acids is 1. The summed E-state index contributed by atoms with van der Waals surface area (Å²) in [4.78, 5) is 32.0. The molecular formula is C19H19Cl2N3O2S2. The van der Waals surface area contributed by atoms with Gasteiger partial charge in [-0.05, 0) is 45.4 Å². The third-order valence-corrected chi connectivity index (χ3v) is 7.44. The molecule has 3 rings (SSSR count). The van der Waals surface area contributed by atoms with E-state index in [1.807, 2.05) is 20.8 Å². The highest BCUT2D eigenvalue weighted by Gasteiger charge is 2.21. The van der Waals surface area contributed by atoms with Crippen LogP contribution >= 0.6 is 46.3 Å². The Morgan fingerprint density at radius 1 is 1.36 bits per heavy atom. The molecule has 2 aromatic heterocycles. The average Bonchev–Trinajstić information content (AvgIpc) is 2.93. The lowest BCUT2D eigenvalue weighted by molar-refractivity contribution is -0.115. The molecular weight excluding hydrogens is 437 g/mol. The first-order valence-electron chi connectivity index (χ1n) is 8.66. The second-order valence-corrected chi connectivity index (χ2v) is 9.55. The number of hydrogen-bond donors (Lipinski definition) is 1. The van der Waals surface area contributed by atoms with Gasteiger partial charge in [0.1, 0.15) is 4.83 Å². The van der Waals surface area contributed by atoms with Crippen molar-refractivity contribution in [3.05, 3.63) is 49.0 Å². The van der Waals surface area contributed by atoms with Gasteiger partial charge in [-0.25, -0.2) is 4.98 Å². The fourth-order valence-electron chi connectivity index (χ4n) is 2.72. The van der Waals surface area contributed by atoms with E-state index < -0.39 is 5.25 Å². The molecule has 0 aliphatic carbocycles. The van der Waals surface area contributed by atoms with Crippen LogP contribution in [0.1, 0.15) is 24.3 Å². The number of benzene rings is 1. The van der Waals surface area contributed by atoms with E-state index in [-0.39, 0.29) is 11.5 Å². The van der Waals surface area contributed by atoms with E-state index in [0.717, 1.165) is 10.4 Å². The smallest absolute Gasteiger partial charge is 0.263 e. The summed E-state index contributed by atoms with van der Waals surface area (Å²) < 4.78 is 1.61. The van der Waals surface area contributed by atoms with Gasteiger partial charge in [0.15, 0.2) is 5.16 Å². The maximum atomic E-state index is 12.9. The second-order valence-electron chi connectivity index (χ2n) is 6.26. The average molecular weight is 456 g/mol. The standard InChI is InChI=1S/C19H19Cl2N3O2S2/c1-5-24-18(26)14-9(2)10(3)27-17(14)23-19(24)28-11(4)16(25)22-13-8-6-7-12(20)15(13)21/h6-8,11H,5H2,1-4H3,(H,22,25). The first-order valence-corrected chi connectivity index (χ1v) is 11.1. The molecule has 1 N–H and O–H groups in total. The molecule has 3 aromatic rings. The number of carbonyl (C=O) groups is 1. The Morgan fingerprint density at radius 3 is 2.75 bits per heavy atom. The van der Waals surface area contributed by atoms with E-state index in [1.165, 1.54) is 23.1 Å². The van der Waals surface area contributed by atoms with Crippen LogP contribution in [-0.4, -0.2) is 20.7 Å². The Labute approximate surface area is 181 Å². The number of aryl methyl sites for hydroxylation is 2. The maximum absolute atomic E-state index is 12.9. The van der Waals surface area contributed by atoms with Crippen molar-refractivity contribution >= 4 is 68.1 Å². The number of nitrogens with zero attached hydrogens (tertiary/aromatic N) is 2. The zero-order valence-corrected chi connectivity index (χ0v) is 18.9. The minimum Gasteiger partial charge on any atom is -0.324 e. The predicted molar refractivity (Wildman–Crippen MR) is 119 cm³/mol. The largest absolute Gasteiger partial charge is 0.324 e. The number of thiophene rings is 1. The molecule has 1 aromatic carbocycles. The molecule has 0 spiro atoms. The molecule has 5 nitrogen and oxygen atoms in total. The van der Waals surface area contributed by atoms with Gasteiger partial charge in [-0.1, -0.05) is 41.0 Å². The van der Waals surface area contributed by atoms with Gasteiger partial charge in [-0.3, -0.25) is 14.2 Å². The Bertz CT molecular complexity index is 1120. The van der Waals surface area contributed by atoms with Crippen molar-refractivity contribution in [2.24, 2.45) is 0 Å². The molecule has 9 heteroatoms. The number of rotatable bonds is 5. The van der Waals surface area contributed by atoms with Crippen molar-refractivity contribution in [3.8, 4) is 0 Å². The highest BCUT2D eigenvalue weighted by molar-refractivity contribution is 8.00. The highest BCUT2D eigenvalue weighted by atomic mass is 35.5. The van der Waals surface area contributed by atoms with Crippen molar-refractivity contribution in [1.82, 2.24) is 9.55 Å². The van der Waals surface area contributed by atoms with Crippen LogP contribution in [-0.2, 0) is 11.3 Å². The Hall–Kier alpha value is -1.54. The van der Waals surface area contributed by atoms with Crippen LogP contribution in [0.15, 0.2) is 28.2 Å². The summed E-state index contributed by atoms with van der Waals surface area (Å²) in [6.45, 7) is 8.06. The molecule has 0 bridgehead atoms. The number of hydrogen-bond acceptors (Lipinski definition) is 5. The van der Waals surface area contributed by atoms with E-state index >= 15 is 0 Å². The van der Waals surface area contributed by atoms with Crippen LogP contribution in [0.25, 0.3) is 10.2 Å². The van der Waals surface area contributed by atoms with Crippen LogP contribution in [0.2, 0.25) is 10.0 Å². The number of amides is 1. The van der Waals surface area contributed by atoms with E-state index in [2.05, 4.69) is 10.3 Å². The summed E-state index contributed by atoms with van der Waals surface area (Å²) in [6, 6.07) is 5.06. The van der Waals surface area contributed by atoms with Crippen LogP contribution in [0, 0.1) is 13.8 Å². The lowest BCUT2D eigenvalue weighted by Crippen LogP contribution is -2.26. The van der Waals surface area contributed by atoms with E-state index in [9.17, 15) is 9.59 Å². The van der Waals surface area contributed by atoms with Gasteiger partial charge in [0.25, 0.3) is 5.56 Å². The Morgan fingerprint density at radius 2 is 2.07 bits per heavy atom. The van der Waals surface area contributed by atoms with Crippen molar-refractivity contribution < 1.29 is 4.79 Å². The van der Waals surface area contributed by atoms with Crippen molar-refractivity contribution in [2.75, 3.05) is 5.32 Å². The minimum atomic E-state index is -0.487. The molecule has 0 saturated carbocycles. The lowest BCUT2D eigenvalue weighted by atomic mass is 10.2. The zero-order valence-electron chi connectivity index (χ0n) is 15.8.